The number of hydrogen-bond donors (Lipinski definition) is 1. The number of carbonyl (C=O) groups is 1. The average molecular weight is 516 g/mol. The number of guanidine groups is 1. The Bertz CT molecular complexity index is 682. The standard InChI is InChI=1S/C21H32N4OS.HI/c1-4-22-21(25-11-12-27-19(15-25)16(2)3)23-13-20(26)24-10-9-17-7-5-6-8-18(17)14-24;/h5-8,16,19H,4,9-15H2,1-3H3,(H,22,23);1H. The highest BCUT2D eigenvalue weighted by atomic mass is 127. The lowest BCUT2D eigenvalue weighted by Crippen LogP contribution is -2.49. The quantitative estimate of drug-likeness (QED) is 0.380. The molecule has 2 aliphatic rings. The number of rotatable bonds is 4. The lowest BCUT2D eigenvalue weighted by molar-refractivity contribution is -0.130. The Labute approximate surface area is 190 Å². The van der Waals surface area contributed by atoms with E-state index in [0.717, 1.165) is 44.3 Å². The van der Waals surface area contributed by atoms with Gasteiger partial charge in [-0.2, -0.15) is 11.8 Å². The van der Waals surface area contributed by atoms with E-state index in [1.54, 1.807) is 0 Å². The molecule has 2 heterocycles. The van der Waals surface area contributed by atoms with E-state index in [9.17, 15) is 4.79 Å². The Morgan fingerprint density at radius 2 is 2.00 bits per heavy atom. The highest BCUT2D eigenvalue weighted by Crippen LogP contribution is 2.25. The third kappa shape index (κ3) is 6.02. The van der Waals surface area contributed by atoms with Gasteiger partial charge in [-0.1, -0.05) is 38.1 Å². The van der Waals surface area contributed by atoms with Gasteiger partial charge in [-0.3, -0.25) is 4.79 Å². The second-order valence-corrected chi connectivity index (χ2v) is 8.95. The van der Waals surface area contributed by atoms with E-state index in [0.29, 0.717) is 17.7 Å². The van der Waals surface area contributed by atoms with Crippen LogP contribution in [0.4, 0.5) is 0 Å². The highest BCUT2D eigenvalue weighted by Gasteiger charge is 2.25. The summed E-state index contributed by atoms with van der Waals surface area (Å²) >= 11 is 2.05. The van der Waals surface area contributed by atoms with Crippen LogP contribution < -0.4 is 5.32 Å². The van der Waals surface area contributed by atoms with Crippen molar-refractivity contribution in [2.45, 2.75) is 39.0 Å². The molecule has 1 aromatic carbocycles. The molecule has 2 aliphatic heterocycles. The smallest absolute Gasteiger partial charge is 0.244 e. The summed E-state index contributed by atoms with van der Waals surface area (Å²) in [7, 11) is 0. The summed E-state index contributed by atoms with van der Waals surface area (Å²) in [6.45, 7) is 11.2. The van der Waals surface area contributed by atoms with Crippen LogP contribution in [0.5, 0.6) is 0 Å². The molecule has 1 atom stereocenters. The van der Waals surface area contributed by atoms with Gasteiger partial charge in [0.25, 0.3) is 0 Å². The molecular weight excluding hydrogens is 483 g/mol. The summed E-state index contributed by atoms with van der Waals surface area (Å²) in [5.41, 5.74) is 2.63. The van der Waals surface area contributed by atoms with Gasteiger partial charge in [0.2, 0.25) is 5.91 Å². The molecule has 3 rings (SSSR count). The maximum absolute atomic E-state index is 12.7. The van der Waals surface area contributed by atoms with Crippen molar-refractivity contribution < 1.29 is 4.79 Å². The van der Waals surface area contributed by atoms with Crippen LogP contribution >= 0.6 is 35.7 Å². The molecular formula is C21H33IN4OS. The van der Waals surface area contributed by atoms with Crippen molar-refractivity contribution in [3.63, 3.8) is 0 Å². The molecule has 5 nitrogen and oxygen atoms in total. The van der Waals surface area contributed by atoms with Crippen molar-refractivity contribution in [1.29, 1.82) is 0 Å². The van der Waals surface area contributed by atoms with E-state index in [-0.39, 0.29) is 36.4 Å². The average Bonchev–Trinajstić information content (AvgIpc) is 2.70. The Kier molecular flexibility index (Phi) is 9.40. The van der Waals surface area contributed by atoms with Gasteiger partial charge in [0.15, 0.2) is 5.96 Å². The van der Waals surface area contributed by atoms with E-state index in [1.165, 1.54) is 11.1 Å². The van der Waals surface area contributed by atoms with Crippen LogP contribution in [0.3, 0.4) is 0 Å². The molecule has 0 bridgehead atoms. The van der Waals surface area contributed by atoms with E-state index < -0.39 is 0 Å². The molecule has 1 amide bonds. The number of halogens is 1. The zero-order valence-electron chi connectivity index (χ0n) is 17.2. The number of benzene rings is 1. The molecule has 1 saturated heterocycles. The fourth-order valence-electron chi connectivity index (χ4n) is 3.65. The van der Waals surface area contributed by atoms with Gasteiger partial charge in [0.05, 0.1) is 0 Å². The van der Waals surface area contributed by atoms with Crippen molar-refractivity contribution >= 4 is 47.6 Å². The molecule has 0 aromatic heterocycles. The molecule has 0 radical (unpaired) electrons. The van der Waals surface area contributed by atoms with Crippen LogP contribution in [0, 0.1) is 5.92 Å². The molecule has 1 fully saturated rings. The number of nitrogens with zero attached hydrogens (tertiary/aromatic N) is 3. The zero-order chi connectivity index (χ0) is 19.2. The zero-order valence-corrected chi connectivity index (χ0v) is 20.3. The topological polar surface area (TPSA) is 47.9 Å². The molecule has 0 saturated carbocycles. The van der Waals surface area contributed by atoms with Gasteiger partial charge < -0.3 is 15.1 Å². The van der Waals surface area contributed by atoms with Crippen LogP contribution in [0.2, 0.25) is 0 Å². The van der Waals surface area contributed by atoms with Crippen molar-refractivity contribution in [2.24, 2.45) is 10.9 Å². The van der Waals surface area contributed by atoms with Crippen LogP contribution in [0.1, 0.15) is 31.9 Å². The van der Waals surface area contributed by atoms with Crippen molar-refractivity contribution in [2.75, 3.05) is 38.5 Å². The number of hydrogen-bond acceptors (Lipinski definition) is 3. The summed E-state index contributed by atoms with van der Waals surface area (Å²) < 4.78 is 0. The number of amides is 1. The predicted molar refractivity (Wildman–Crippen MR) is 130 cm³/mol. The second-order valence-electron chi connectivity index (χ2n) is 7.60. The first-order valence-electron chi connectivity index (χ1n) is 10.1. The number of fused-ring (bicyclic) bond motifs is 1. The second kappa shape index (κ2) is 11.3. The fraction of sp³-hybridized carbons (Fsp3) is 0.619. The maximum atomic E-state index is 12.7. The minimum atomic E-state index is 0. The predicted octanol–water partition coefficient (Wildman–Crippen LogP) is 3.23. The minimum Gasteiger partial charge on any atom is -0.357 e. The largest absolute Gasteiger partial charge is 0.357 e. The Hall–Kier alpha value is -0.960. The monoisotopic (exact) mass is 516 g/mol. The molecule has 28 heavy (non-hydrogen) atoms. The van der Waals surface area contributed by atoms with Gasteiger partial charge in [0, 0.05) is 43.7 Å². The van der Waals surface area contributed by atoms with Gasteiger partial charge in [0.1, 0.15) is 6.54 Å². The van der Waals surface area contributed by atoms with Gasteiger partial charge in [-0.15, -0.1) is 24.0 Å². The lowest BCUT2D eigenvalue weighted by Gasteiger charge is -2.36. The van der Waals surface area contributed by atoms with Gasteiger partial charge in [-0.25, -0.2) is 4.99 Å². The normalized spacial score (nSPS) is 19.9. The third-order valence-electron chi connectivity index (χ3n) is 5.32. The SMILES string of the molecule is CCNC(=NCC(=O)N1CCc2ccccc2C1)N1CCSC(C(C)C)C1.I. The van der Waals surface area contributed by atoms with E-state index in [1.807, 2.05) is 11.0 Å². The lowest BCUT2D eigenvalue weighted by atomic mass is 10.00. The van der Waals surface area contributed by atoms with Crippen LogP contribution in [0.15, 0.2) is 29.3 Å². The first-order chi connectivity index (χ1) is 13.1. The molecule has 156 valence electrons. The summed E-state index contributed by atoms with van der Waals surface area (Å²) in [6.07, 6.45) is 0.936. The van der Waals surface area contributed by atoms with Crippen LogP contribution in [0.25, 0.3) is 0 Å². The summed E-state index contributed by atoms with van der Waals surface area (Å²) in [4.78, 5) is 21.7. The molecule has 0 spiro atoms. The maximum Gasteiger partial charge on any atom is 0.244 e. The molecule has 0 aliphatic carbocycles. The third-order valence-corrected chi connectivity index (χ3v) is 6.86. The molecule has 1 unspecified atom stereocenters. The first kappa shape index (κ1) is 23.3. The minimum absolute atomic E-state index is 0. The fourth-order valence-corrected chi connectivity index (χ4v) is 4.95. The van der Waals surface area contributed by atoms with Gasteiger partial charge in [-0.05, 0) is 30.4 Å². The summed E-state index contributed by atoms with van der Waals surface area (Å²) in [6, 6.07) is 8.41. The first-order valence-corrected chi connectivity index (χ1v) is 11.1. The van der Waals surface area contributed by atoms with Crippen LogP contribution in [-0.4, -0.2) is 65.4 Å². The number of carbonyl (C=O) groups excluding carboxylic acids is 1. The number of nitrogens with one attached hydrogen (secondary N) is 1. The number of aliphatic imine (C=N–C) groups is 1. The Balaban J connectivity index is 0.00000280. The van der Waals surface area contributed by atoms with Gasteiger partial charge >= 0.3 is 0 Å². The van der Waals surface area contributed by atoms with Crippen molar-refractivity contribution in [1.82, 2.24) is 15.1 Å². The van der Waals surface area contributed by atoms with E-state index in [2.05, 4.69) is 60.9 Å². The molecule has 1 aromatic rings. The van der Waals surface area contributed by atoms with Crippen molar-refractivity contribution in [3.8, 4) is 0 Å². The van der Waals surface area contributed by atoms with Crippen LogP contribution in [-0.2, 0) is 17.8 Å². The molecule has 7 heteroatoms. The van der Waals surface area contributed by atoms with Crippen molar-refractivity contribution in [3.05, 3.63) is 35.4 Å². The summed E-state index contributed by atoms with van der Waals surface area (Å²) in [5.74, 6) is 2.76. The van der Waals surface area contributed by atoms with E-state index >= 15 is 0 Å². The Morgan fingerprint density at radius 3 is 2.71 bits per heavy atom. The van der Waals surface area contributed by atoms with E-state index in [4.69, 9.17) is 4.99 Å². The number of thioether (sulfide) groups is 1. The molecule has 1 N–H and O–H groups in total. The highest BCUT2D eigenvalue weighted by molar-refractivity contribution is 14.0. The summed E-state index contributed by atoms with van der Waals surface area (Å²) in [5, 5.41) is 4.00. The Morgan fingerprint density at radius 1 is 1.25 bits per heavy atom.